The molecule has 0 spiro atoms. The quantitative estimate of drug-likeness (QED) is 0.464. The molecule has 0 amide bonds. The number of nitrogens with zero attached hydrogens (tertiary/aromatic N) is 2. The van der Waals surface area contributed by atoms with Crippen LogP contribution in [-0.2, 0) is 16.0 Å². The van der Waals surface area contributed by atoms with Gasteiger partial charge in [0, 0.05) is 16.0 Å². The van der Waals surface area contributed by atoms with Crippen LogP contribution in [0.2, 0.25) is 5.02 Å². The molecule has 4 rings (SSSR count). The molecule has 0 saturated carbocycles. The zero-order valence-corrected chi connectivity index (χ0v) is 18.0. The molecule has 0 bridgehead atoms. The van der Waals surface area contributed by atoms with Gasteiger partial charge in [0.2, 0.25) is 0 Å². The van der Waals surface area contributed by atoms with Crippen molar-refractivity contribution in [3.63, 3.8) is 0 Å². The van der Waals surface area contributed by atoms with Crippen molar-refractivity contribution in [1.82, 2.24) is 14.8 Å². The SMILES string of the molecule is COC(=O)c1cc(Cn2c(C(=O)OC)c(-c3ccccc3)c3cc(Cl)ccc3c2=O)[nH]n1. The lowest BCUT2D eigenvalue weighted by Gasteiger charge is -2.18. The first kappa shape index (κ1) is 21.3. The molecule has 2 aromatic heterocycles. The number of pyridine rings is 1. The smallest absolute Gasteiger partial charge is 0.358 e. The van der Waals surface area contributed by atoms with Gasteiger partial charge in [0.25, 0.3) is 5.56 Å². The van der Waals surface area contributed by atoms with Crippen LogP contribution in [0, 0.1) is 0 Å². The summed E-state index contributed by atoms with van der Waals surface area (Å²) in [7, 11) is 2.50. The van der Waals surface area contributed by atoms with E-state index < -0.39 is 17.5 Å². The summed E-state index contributed by atoms with van der Waals surface area (Å²) < 4.78 is 11.0. The first-order valence-corrected chi connectivity index (χ1v) is 9.94. The van der Waals surface area contributed by atoms with Crippen LogP contribution in [-0.4, -0.2) is 40.9 Å². The van der Waals surface area contributed by atoms with Crippen molar-refractivity contribution in [2.75, 3.05) is 14.2 Å². The molecule has 4 aromatic rings. The fourth-order valence-corrected chi connectivity index (χ4v) is 3.77. The van der Waals surface area contributed by atoms with Crippen LogP contribution in [0.15, 0.2) is 59.4 Å². The zero-order valence-electron chi connectivity index (χ0n) is 17.2. The molecule has 9 heteroatoms. The number of hydrogen-bond acceptors (Lipinski definition) is 6. The normalized spacial score (nSPS) is 10.8. The monoisotopic (exact) mass is 451 g/mol. The number of nitrogens with one attached hydrogen (secondary N) is 1. The van der Waals surface area contributed by atoms with Gasteiger partial charge >= 0.3 is 11.9 Å². The number of aromatic amines is 1. The minimum absolute atomic E-state index is 0.0499. The van der Waals surface area contributed by atoms with Crippen molar-refractivity contribution in [1.29, 1.82) is 0 Å². The van der Waals surface area contributed by atoms with E-state index in [1.165, 1.54) is 24.9 Å². The van der Waals surface area contributed by atoms with Crippen molar-refractivity contribution < 1.29 is 19.1 Å². The average Bonchev–Trinajstić information content (AvgIpc) is 3.28. The Hall–Kier alpha value is -3.91. The third-order valence-corrected chi connectivity index (χ3v) is 5.26. The third kappa shape index (κ3) is 3.76. The molecular weight excluding hydrogens is 434 g/mol. The molecule has 0 aliphatic carbocycles. The molecule has 0 aliphatic rings. The average molecular weight is 452 g/mol. The number of carbonyl (C=O) groups excluding carboxylic acids is 2. The predicted molar refractivity (Wildman–Crippen MR) is 119 cm³/mol. The zero-order chi connectivity index (χ0) is 22.8. The van der Waals surface area contributed by atoms with E-state index in [0.29, 0.717) is 32.6 Å². The third-order valence-electron chi connectivity index (χ3n) is 5.03. The van der Waals surface area contributed by atoms with Crippen molar-refractivity contribution in [3.05, 3.63) is 87.1 Å². The number of ether oxygens (including phenoxy) is 2. The number of halogens is 1. The first-order valence-electron chi connectivity index (χ1n) is 9.57. The van der Waals surface area contributed by atoms with Crippen LogP contribution >= 0.6 is 11.6 Å². The van der Waals surface area contributed by atoms with Crippen LogP contribution in [0.5, 0.6) is 0 Å². The largest absolute Gasteiger partial charge is 0.464 e. The van der Waals surface area contributed by atoms with Crippen molar-refractivity contribution in [2.45, 2.75) is 6.54 Å². The molecule has 0 atom stereocenters. The maximum Gasteiger partial charge on any atom is 0.358 e. The predicted octanol–water partition coefficient (Wildman–Crippen LogP) is 3.67. The lowest BCUT2D eigenvalue weighted by Crippen LogP contribution is -2.28. The highest BCUT2D eigenvalue weighted by molar-refractivity contribution is 6.31. The van der Waals surface area contributed by atoms with Crippen molar-refractivity contribution >= 4 is 34.3 Å². The Morgan fingerprint density at radius 1 is 1.00 bits per heavy atom. The summed E-state index contributed by atoms with van der Waals surface area (Å²) in [6.07, 6.45) is 0. The van der Waals surface area contributed by atoms with Crippen molar-refractivity contribution in [3.8, 4) is 11.1 Å². The van der Waals surface area contributed by atoms with Gasteiger partial charge in [-0.2, -0.15) is 5.10 Å². The first-order chi connectivity index (χ1) is 15.4. The van der Waals surface area contributed by atoms with E-state index in [2.05, 4.69) is 14.9 Å². The molecule has 2 heterocycles. The van der Waals surface area contributed by atoms with Crippen LogP contribution in [0.1, 0.15) is 26.7 Å². The van der Waals surface area contributed by atoms with Crippen LogP contribution in [0.25, 0.3) is 21.9 Å². The minimum atomic E-state index is -0.685. The van der Waals surface area contributed by atoms with Gasteiger partial charge in [0.05, 0.1) is 26.5 Å². The summed E-state index contributed by atoms with van der Waals surface area (Å²) in [6.45, 7) is -0.0499. The van der Waals surface area contributed by atoms with Crippen LogP contribution in [0.4, 0.5) is 0 Å². The number of aromatic nitrogens is 3. The van der Waals surface area contributed by atoms with E-state index in [-0.39, 0.29) is 17.9 Å². The van der Waals surface area contributed by atoms with Gasteiger partial charge in [-0.15, -0.1) is 0 Å². The van der Waals surface area contributed by atoms with Gasteiger partial charge in [-0.3, -0.25) is 14.5 Å². The molecule has 32 heavy (non-hydrogen) atoms. The highest BCUT2D eigenvalue weighted by Gasteiger charge is 2.25. The molecule has 0 saturated heterocycles. The Morgan fingerprint density at radius 2 is 1.72 bits per heavy atom. The summed E-state index contributed by atoms with van der Waals surface area (Å²) in [5, 5.41) is 7.97. The van der Waals surface area contributed by atoms with Crippen LogP contribution < -0.4 is 5.56 Å². The number of rotatable bonds is 5. The van der Waals surface area contributed by atoms with E-state index in [4.69, 9.17) is 16.3 Å². The van der Waals surface area contributed by atoms with Gasteiger partial charge in [-0.1, -0.05) is 41.9 Å². The molecule has 0 aliphatic heterocycles. The molecule has 0 radical (unpaired) electrons. The minimum Gasteiger partial charge on any atom is -0.464 e. The number of hydrogen-bond donors (Lipinski definition) is 1. The highest BCUT2D eigenvalue weighted by Crippen LogP contribution is 2.33. The lowest BCUT2D eigenvalue weighted by molar-refractivity contribution is 0.0581. The number of carbonyl (C=O) groups is 2. The number of esters is 2. The fraction of sp³-hybridized carbons (Fsp3) is 0.130. The second-order valence-electron chi connectivity index (χ2n) is 6.93. The molecule has 162 valence electrons. The Labute approximate surface area is 187 Å². The fourth-order valence-electron chi connectivity index (χ4n) is 3.60. The standard InChI is InChI=1S/C23H18ClN3O5/c1-31-22(29)18-11-15(25-26-18)12-27-20(23(30)32-2)19(13-6-4-3-5-7-13)17-10-14(24)8-9-16(17)21(27)28/h3-11H,12H2,1-2H3,(H,25,26). The molecule has 1 N–H and O–H groups in total. The topological polar surface area (TPSA) is 103 Å². The van der Waals surface area contributed by atoms with Crippen LogP contribution in [0.3, 0.4) is 0 Å². The summed E-state index contributed by atoms with van der Waals surface area (Å²) in [5.41, 5.74) is 1.38. The summed E-state index contributed by atoms with van der Waals surface area (Å²) in [4.78, 5) is 38.1. The lowest BCUT2D eigenvalue weighted by atomic mass is 9.96. The second-order valence-corrected chi connectivity index (χ2v) is 7.37. The van der Waals surface area contributed by atoms with Gasteiger partial charge in [-0.05, 0) is 35.2 Å². The number of methoxy groups -OCH3 is 2. The second kappa shape index (κ2) is 8.68. The van der Waals surface area contributed by atoms with E-state index in [1.54, 1.807) is 18.2 Å². The van der Waals surface area contributed by atoms with Gasteiger partial charge < -0.3 is 9.47 Å². The molecule has 8 nitrogen and oxygen atoms in total. The molecular formula is C23H18ClN3O5. The number of fused-ring (bicyclic) bond motifs is 1. The molecule has 0 unspecified atom stereocenters. The van der Waals surface area contributed by atoms with Crippen molar-refractivity contribution in [2.24, 2.45) is 0 Å². The maximum absolute atomic E-state index is 13.5. The summed E-state index contributed by atoms with van der Waals surface area (Å²) >= 11 is 6.23. The summed E-state index contributed by atoms with van der Waals surface area (Å²) in [6, 6.07) is 15.6. The van der Waals surface area contributed by atoms with Gasteiger partial charge in [-0.25, -0.2) is 9.59 Å². The molecule has 2 aromatic carbocycles. The number of benzene rings is 2. The number of H-pyrrole nitrogens is 1. The van der Waals surface area contributed by atoms with Gasteiger partial charge in [0.15, 0.2) is 5.69 Å². The maximum atomic E-state index is 13.5. The Balaban J connectivity index is 2.04. The highest BCUT2D eigenvalue weighted by atomic mass is 35.5. The van der Waals surface area contributed by atoms with Gasteiger partial charge in [0.1, 0.15) is 5.69 Å². The van der Waals surface area contributed by atoms with E-state index in [0.717, 1.165) is 0 Å². The summed E-state index contributed by atoms with van der Waals surface area (Å²) in [5.74, 6) is -1.30. The van der Waals surface area contributed by atoms with E-state index >= 15 is 0 Å². The molecule has 0 fully saturated rings. The van der Waals surface area contributed by atoms with E-state index in [1.807, 2.05) is 30.3 Å². The Bertz CT molecular complexity index is 1390. The Morgan fingerprint density at radius 3 is 2.41 bits per heavy atom. The van der Waals surface area contributed by atoms with E-state index in [9.17, 15) is 14.4 Å². The Kier molecular flexibility index (Phi) is 5.79.